The average molecular weight is 337 g/mol. The van der Waals surface area contributed by atoms with Gasteiger partial charge in [-0.25, -0.2) is 0 Å². The second kappa shape index (κ2) is 7.22. The van der Waals surface area contributed by atoms with E-state index in [1.807, 2.05) is 0 Å². The van der Waals surface area contributed by atoms with E-state index in [0.717, 1.165) is 6.29 Å². The van der Waals surface area contributed by atoms with E-state index < -0.39 is 8.32 Å². The zero-order valence-corrected chi connectivity index (χ0v) is 17.0. The van der Waals surface area contributed by atoms with Crippen LogP contribution in [0.2, 0.25) is 18.1 Å². The molecule has 2 aliphatic carbocycles. The van der Waals surface area contributed by atoms with Gasteiger partial charge < -0.3 is 9.22 Å². The Morgan fingerprint density at radius 1 is 1.26 bits per heavy atom. The van der Waals surface area contributed by atoms with Crippen LogP contribution in [-0.4, -0.2) is 20.7 Å². The zero-order chi connectivity index (χ0) is 17.3. The summed E-state index contributed by atoms with van der Waals surface area (Å²) in [5.41, 5.74) is 0. The van der Waals surface area contributed by atoms with Gasteiger partial charge in [0.25, 0.3) is 0 Å². The van der Waals surface area contributed by atoms with Crippen LogP contribution in [0.15, 0.2) is 12.2 Å². The molecule has 5 atom stereocenters. The molecule has 0 bridgehead atoms. The highest BCUT2D eigenvalue weighted by molar-refractivity contribution is 6.74. The maximum Gasteiger partial charge on any atom is 0.192 e. The fourth-order valence-electron chi connectivity index (χ4n) is 4.23. The highest BCUT2D eigenvalue weighted by Gasteiger charge is 2.46. The van der Waals surface area contributed by atoms with E-state index in [4.69, 9.17) is 4.43 Å². The van der Waals surface area contributed by atoms with Crippen LogP contribution in [0.1, 0.15) is 59.8 Å². The van der Waals surface area contributed by atoms with Gasteiger partial charge in [-0.15, -0.1) is 0 Å². The second-order valence-corrected chi connectivity index (χ2v) is 14.0. The van der Waals surface area contributed by atoms with Crippen molar-refractivity contribution in [2.45, 2.75) is 84.0 Å². The first-order valence-corrected chi connectivity index (χ1v) is 12.4. The van der Waals surface area contributed by atoms with Crippen LogP contribution >= 0.6 is 0 Å². The Balaban J connectivity index is 2.14. The largest absolute Gasteiger partial charge is 0.414 e. The molecule has 132 valence electrons. The monoisotopic (exact) mass is 336 g/mol. The normalized spacial score (nSPS) is 33.1. The van der Waals surface area contributed by atoms with Crippen LogP contribution in [0, 0.1) is 23.7 Å². The lowest BCUT2D eigenvalue weighted by Crippen LogP contribution is -2.50. The third-order valence-corrected chi connectivity index (χ3v) is 11.2. The van der Waals surface area contributed by atoms with Crippen LogP contribution in [0.5, 0.6) is 0 Å². The van der Waals surface area contributed by atoms with Crippen LogP contribution in [0.25, 0.3) is 0 Å². The Morgan fingerprint density at radius 2 is 1.96 bits per heavy atom. The molecule has 0 saturated heterocycles. The first kappa shape index (κ1) is 18.9. The molecule has 1 unspecified atom stereocenters. The van der Waals surface area contributed by atoms with Crippen molar-refractivity contribution in [2.24, 2.45) is 23.7 Å². The molecule has 23 heavy (non-hydrogen) atoms. The number of aldehydes is 1. The first-order chi connectivity index (χ1) is 10.7. The maximum atomic E-state index is 10.9. The van der Waals surface area contributed by atoms with Gasteiger partial charge in [0.1, 0.15) is 6.29 Å². The minimum absolute atomic E-state index is 0.272. The van der Waals surface area contributed by atoms with Crippen molar-refractivity contribution >= 4 is 14.6 Å². The van der Waals surface area contributed by atoms with E-state index in [1.54, 1.807) is 0 Å². The minimum atomic E-state index is -1.71. The summed E-state index contributed by atoms with van der Waals surface area (Å²) in [4.78, 5) is 10.9. The predicted molar refractivity (Wildman–Crippen MR) is 100.0 cm³/mol. The van der Waals surface area contributed by atoms with E-state index in [0.29, 0.717) is 36.2 Å². The van der Waals surface area contributed by atoms with Gasteiger partial charge in [0.2, 0.25) is 0 Å². The summed E-state index contributed by atoms with van der Waals surface area (Å²) in [5.74, 6) is 2.42. The fourth-order valence-corrected chi connectivity index (χ4v) is 5.63. The first-order valence-electron chi connectivity index (χ1n) is 9.45. The van der Waals surface area contributed by atoms with Crippen molar-refractivity contribution in [3.05, 3.63) is 12.2 Å². The smallest absolute Gasteiger partial charge is 0.192 e. The zero-order valence-electron chi connectivity index (χ0n) is 16.0. The lowest BCUT2D eigenvalue weighted by Gasteiger charge is -2.49. The molecular formula is C20H36O2Si. The summed E-state index contributed by atoms with van der Waals surface area (Å²) in [7, 11) is -1.71. The molecule has 0 amide bonds. The predicted octanol–water partition coefficient (Wildman–Crippen LogP) is 5.59. The Labute approximate surface area is 144 Å². The average Bonchev–Trinajstić information content (AvgIpc) is 2.46. The third kappa shape index (κ3) is 4.17. The Morgan fingerprint density at radius 3 is 2.57 bits per heavy atom. The number of carbonyl (C=O) groups is 1. The van der Waals surface area contributed by atoms with E-state index in [-0.39, 0.29) is 5.04 Å². The van der Waals surface area contributed by atoms with Crippen molar-refractivity contribution in [1.29, 1.82) is 0 Å². The van der Waals surface area contributed by atoms with E-state index in [1.165, 1.54) is 25.7 Å². The molecule has 0 aromatic rings. The SMILES string of the molecule is C[C@@H](CC=O)[C@H]1CCC(O[Si](C)(C)C(C)(C)C)[C@@H]2CCC=C[C@H]12. The van der Waals surface area contributed by atoms with Crippen molar-refractivity contribution in [1.82, 2.24) is 0 Å². The maximum absolute atomic E-state index is 10.9. The molecule has 1 fully saturated rings. The lowest BCUT2D eigenvalue weighted by atomic mass is 9.63. The van der Waals surface area contributed by atoms with Gasteiger partial charge in [-0.3, -0.25) is 0 Å². The molecule has 0 aliphatic heterocycles. The number of rotatable bonds is 5. The summed E-state index contributed by atoms with van der Waals surface area (Å²) in [5, 5.41) is 0.272. The van der Waals surface area contributed by atoms with Crippen molar-refractivity contribution in [3.8, 4) is 0 Å². The topological polar surface area (TPSA) is 26.3 Å². The number of hydrogen-bond donors (Lipinski definition) is 0. The van der Waals surface area contributed by atoms with Crippen molar-refractivity contribution in [2.75, 3.05) is 0 Å². The standard InChI is InChI=1S/C20H36O2Si/c1-15(13-14-21)16-11-12-19(18-10-8-7-9-17(16)18)22-23(5,6)20(2,3)4/h7,9,14-19H,8,10-13H2,1-6H3/t15-,16+,17+,18+,19?/m0/s1. The Hall–Kier alpha value is -0.413. The molecule has 1 saturated carbocycles. The molecule has 0 radical (unpaired) electrons. The summed E-state index contributed by atoms with van der Waals surface area (Å²) in [6, 6.07) is 0. The highest BCUT2D eigenvalue weighted by Crippen LogP contribution is 2.48. The number of allylic oxidation sites excluding steroid dienone is 2. The number of hydrogen-bond acceptors (Lipinski definition) is 2. The Kier molecular flexibility index (Phi) is 5.94. The van der Waals surface area contributed by atoms with Crippen LogP contribution in [0.3, 0.4) is 0 Å². The van der Waals surface area contributed by atoms with Gasteiger partial charge >= 0.3 is 0 Å². The summed E-state index contributed by atoms with van der Waals surface area (Å²) in [6.07, 6.45) is 11.9. The van der Waals surface area contributed by atoms with Gasteiger partial charge in [-0.2, -0.15) is 0 Å². The van der Waals surface area contributed by atoms with Crippen LogP contribution in [0.4, 0.5) is 0 Å². The summed E-state index contributed by atoms with van der Waals surface area (Å²) in [6.45, 7) is 14.0. The molecule has 0 spiro atoms. The van der Waals surface area contributed by atoms with Gasteiger partial charge in [-0.1, -0.05) is 39.8 Å². The summed E-state index contributed by atoms with van der Waals surface area (Å²) >= 11 is 0. The summed E-state index contributed by atoms with van der Waals surface area (Å²) < 4.78 is 6.84. The van der Waals surface area contributed by atoms with Gasteiger partial charge in [0.15, 0.2) is 8.32 Å². The lowest BCUT2D eigenvalue weighted by molar-refractivity contribution is -0.109. The van der Waals surface area contributed by atoms with Gasteiger partial charge in [0, 0.05) is 12.5 Å². The van der Waals surface area contributed by atoms with Crippen LogP contribution < -0.4 is 0 Å². The highest BCUT2D eigenvalue weighted by atomic mass is 28.4. The quantitative estimate of drug-likeness (QED) is 0.371. The van der Waals surface area contributed by atoms with Crippen molar-refractivity contribution < 1.29 is 9.22 Å². The van der Waals surface area contributed by atoms with E-state index >= 15 is 0 Å². The molecule has 2 aliphatic rings. The molecule has 0 N–H and O–H groups in total. The molecular weight excluding hydrogens is 300 g/mol. The Bertz CT molecular complexity index is 435. The molecule has 0 heterocycles. The fraction of sp³-hybridized carbons (Fsp3) is 0.850. The third-order valence-electron chi connectivity index (χ3n) is 6.73. The van der Waals surface area contributed by atoms with E-state index in [9.17, 15) is 4.79 Å². The molecule has 0 aromatic carbocycles. The van der Waals surface area contributed by atoms with Crippen LogP contribution in [-0.2, 0) is 9.22 Å². The number of fused-ring (bicyclic) bond motifs is 1. The number of carbonyl (C=O) groups excluding carboxylic acids is 1. The van der Waals surface area contributed by atoms with Gasteiger partial charge in [-0.05, 0) is 67.5 Å². The molecule has 3 heteroatoms. The second-order valence-electron chi connectivity index (χ2n) is 9.28. The molecule has 0 aromatic heterocycles. The van der Waals surface area contributed by atoms with Gasteiger partial charge in [0.05, 0.1) is 0 Å². The minimum Gasteiger partial charge on any atom is -0.414 e. The van der Waals surface area contributed by atoms with Crippen molar-refractivity contribution in [3.63, 3.8) is 0 Å². The molecule has 2 rings (SSSR count). The molecule has 2 nitrogen and oxygen atoms in total. The van der Waals surface area contributed by atoms with E-state index in [2.05, 4.69) is 52.9 Å².